The van der Waals surface area contributed by atoms with Crippen molar-refractivity contribution in [1.82, 2.24) is 9.88 Å². The number of fused-ring (bicyclic) bond motifs is 1. The third-order valence-electron chi connectivity index (χ3n) is 7.29. The largest absolute Gasteiger partial charge is 0.497 e. The van der Waals surface area contributed by atoms with Crippen LogP contribution in [0.15, 0.2) is 48.7 Å². The molecule has 2 aromatic carbocycles. The van der Waals surface area contributed by atoms with Crippen molar-refractivity contribution in [2.24, 2.45) is 11.8 Å². The fourth-order valence-electron chi connectivity index (χ4n) is 5.26. The minimum Gasteiger partial charge on any atom is -0.497 e. The van der Waals surface area contributed by atoms with E-state index < -0.39 is 17.7 Å². The second kappa shape index (κ2) is 12.7. The van der Waals surface area contributed by atoms with E-state index in [0.29, 0.717) is 13.1 Å². The van der Waals surface area contributed by atoms with Crippen molar-refractivity contribution in [3.8, 4) is 17.6 Å². The molecule has 0 aliphatic carbocycles. The minimum absolute atomic E-state index is 0.0236. The highest BCUT2D eigenvalue weighted by Crippen LogP contribution is 2.33. The average Bonchev–Trinajstić information content (AvgIpc) is 2.89. The number of ether oxygens (including phenoxy) is 1. The van der Waals surface area contributed by atoms with Crippen LogP contribution in [0.25, 0.3) is 10.9 Å². The van der Waals surface area contributed by atoms with Gasteiger partial charge < -0.3 is 9.84 Å². The second-order valence-electron chi connectivity index (χ2n) is 9.88. The van der Waals surface area contributed by atoms with Crippen molar-refractivity contribution < 1.29 is 27.8 Å². The number of alkyl halides is 3. The molecule has 1 aromatic heterocycles. The van der Waals surface area contributed by atoms with Gasteiger partial charge in [-0.2, -0.15) is 13.2 Å². The number of aryl methyl sites for hydroxylation is 1. The molecule has 9 heteroatoms. The van der Waals surface area contributed by atoms with Crippen LogP contribution in [0.5, 0.6) is 5.75 Å². The molecule has 1 saturated heterocycles. The highest BCUT2D eigenvalue weighted by Gasteiger charge is 2.31. The van der Waals surface area contributed by atoms with E-state index in [-0.39, 0.29) is 28.8 Å². The first-order valence-corrected chi connectivity index (χ1v) is 13.2. The van der Waals surface area contributed by atoms with E-state index in [9.17, 15) is 23.1 Å². The van der Waals surface area contributed by atoms with Crippen molar-refractivity contribution in [2.75, 3.05) is 26.7 Å². The molecule has 0 radical (unpaired) electrons. The van der Waals surface area contributed by atoms with Gasteiger partial charge in [-0.1, -0.05) is 23.4 Å². The minimum atomic E-state index is -4.47. The Labute approximate surface area is 230 Å². The van der Waals surface area contributed by atoms with Gasteiger partial charge >= 0.3 is 12.1 Å². The van der Waals surface area contributed by atoms with Crippen molar-refractivity contribution in [2.45, 2.75) is 38.3 Å². The van der Waals surface area contributed by atoms with Gasteiger partial charge in [-0.05, 0) is 92.1 Å². The van der Waals surface area contributed by atoms with Crippen LogP contribution in [0.3, 0.4) is 0 Å². The molecule has 5 nitrogen and oxygen atoms in total. The number of rotatable bonds is 8. The van der Waals surface area contributed by atoms with Gasteiger partial charge in [-0.25, -0.2) is 0 Å². The first-order chi connectivity index (χ1) is 18.6. The van der Waals surface area contributed by atoms with Crippen LogP contribution in [0.4, 0.5) is 13.2 Å². The number of carbonyl (C=O) groups is 1. The van der Waals surface area contributed by atoms with Gasteiger partial charge in [0.2, 0.25) is 0 Å². The van der Waals surface area contributed by atoms with Crippen LogP contribution >= 0.6 is 11.6 Å². The summed E-state index contributed by atoms with van der Waals surface area (Å²) in [5, 5.41) is 10.7. The molecule has 1 N–H and O–H groups in total. The van der Waals surface area contributed by atoms with Crippen molar-refractivity contribution >= 4 is 28.5 Å². The predicted octanol–water partition coefficient (Wildman–Crippen LogP) is 6.70. The van der Waals surface area contributed by atoms with E-state index in [4.69, 9.17) is 16.3 Å². The smallest absolute Gasteiger partial charge is 0.416 e. The molecule has 3 aromatic rings. The van der Waals surface area contributed by atoms with E-state index >= 15 is 0 Å². The number of carboxylic acids is 1. The zero-order valence-corrected chi connectivity index (χ0v) is 22.4. The Hall–Kier alpha value is -3.28. The molecular formula is C30H30ClF3N2O3. The second-order valence-corrected chi connectivity index (χ2v) is 10.3. The molecule has 0 saturated carbocycles. The summed E-state index contributed by atoms with van der Waals surface area (Å²) in [6, 6.07) is 10.9. The summed E-state index contributed by atoms with van der Waals surface area (Å²) < 4.78 is 44.4. The number of hydrogen-bond donors (Lipinski definition) is 1. The van der Waals surface area contributed by atoms with Crippen LogP contribution < -0.4 is 4.74 Å². The molecule has 1 aliphatic heterocycles. The number of piperidine rings is 1. The molecule has 0 bridgehead atoms. The normalized spacial score (nSPS) is 18.0. The molecule has 4 rings (SSSR count). The average molecular weight is 559 g/mol. The van der Waals surface area contributed by atoms with E-state index in [1.54, 1.807) is 7.11 Å². The van der Waals surface area contributed by atoms with E-state index in [2.05, 4.69) is 21.7 Å². The SMILES string of the molecule is COc1ccc2nccc(CCC[C@@H]3CCN(CC#Cc4cc(C(F)(F)F)ccc4Cl)C[C@@H]3CC(=O)O)c2c1. The Bertz CT molecular complexity index is 1380. The zero-order chi connectivity index (χ0) is 28.0. The Morgan fingerprint density at radius 2 is 2.03 bits per heavy atom. The monoisotopic (exact) mass is 558 g/mol. The summed E-state index contributed by atoms with van der Waals surface area (Å²) in [6.07, 6.45) is 0.942. The number of benzene rings is 2. The van der Waals surface area contributed by atoms with Gasteiger partial charge in [0.15, 0.2) is 0 Å². The third kappa shape index (κ3) is 7.65. The highest BCUT2D eigenvalue weighted by atomic mass is 35.5. The molecule has 206 valence electrons. The number of pyridine rings is 1. The number of nitrogens with zero attached hydrogens (tertiary/aromatic N) is 2. The number of likely N-dealkylation sites (tertiary alicyclic amines) is 1. The summed E-state index contributed by atoms with van der Waals surface area (Å²) in [5.74, 6) is 5.89. The molecule has 2 atom stereocenters. The van der Waals surface area contributed by atoms with E-state index in [1.165, 1.54) is 11.6 Å². The first kappa shape index (κ1) is 28.7. The van der Waals surface area contributed by atoms with Gasteiger partial charge in [0.25, 0.3) is 0 Å². The molecule has 2 heterocycles. The van der Waals surface area contributed by atoms with Crippen LogP contribution in [-0.4, -0.2) is 47.7 Å². The lowest BCUT2D eigenvalue weighted by Crippen LogP contribution is -2.41. The predicted molar refractivity (Wildman–Crippen MR) is 145 cm³/mol. The fraction of sp³-hybridized carbons (Fsp3) is 0.400. The van der Waals surface area contributed by atoms with E-state index in [1.807, 2.05) is 30.5 Å². The van der Waals surface area contributed by atoms with Gasteiger partial charge in [-0.3, -0.25) is 14.7 Å². The topological polar surface area (TPSA) is 62.7 Å². The summed E-state index contributed by atoms with van der Waals surface area (Å²) in [4.78, 5) is 18.1. The van der Waals surface area contributed by atoms with Crippen molar-refractivity contribution in [1.29, 1.82) is 0 Å². The standard InChI is InChI=1S/C30H30ClF3N2O3/c1-39-25-8-10-28-26(18-25)21(11-13-35-28)5-2-4-20-12-15-36(19-23(20)17-29(37)38)14-3-6-22-16-24(30(32,33)34)7-9-27(22)31/h7-11,13,16,18,20,23H,2,4-5,12,14-15,17,19H2,1H3,(H,37,38)/t20-,23+/m1/s1. The molecule has 39 heavy (non-hydrogen) atoms. The maximum Gasteiger partial charge on any atom is 0.416 e. The Kier molecular flexibility index (Phi) is 9.36. The first-order valence-electron chi connectivity index (χ1n) is 12.9. The highest BCUT2D eigenvalue weighted by molar-refractivity contribution is 6.31. The Morgan fingerprint density at radius 1 is 1.21 bits per heavy atom. The third-order valence-corrected chi connectivity index (χ3v) is 7.62. The number of halogens is 4. The molecule has 0 spiro atoms. The Balaban J connectivity index is 1.37. The van der Waals surface area contributed by atoms with Crippen molar-refractivity contribution in [3.05, 3.63) is 70.4 Å². The molecule has 1 fully saturated rings. The van der Waals surface area contributed by atoms with Gasteiger partial charge in [-0.15, -0.1) is 0 Å². The number of carboxylic acid groups (broad SMARTS) is 1. The van der Waals surface area contributed by atoms with Crippen LogP contribution in [0.1, 0.15) is 42.4 Å². The lowest BCUT2D eigenvalue weighted by Gasteiger charge is -2.37. The number of methoxy groups -OCH3 is 1. The molecule has 0 amide bonds. The van der Waals surface area contributed by atoms with Gasteiger partial charge in [0, 0.05) is 30.1 Å². The summed E-state index contributed by atoms with van der Waals surface area (Å²) in [5.41, 5.74) is 1.44. The van der Waals surface area contributed by atoms with Crippen molar-refractivity contribution in [3.63, 3.8) is 0 Å². The summed E-state index contributed by atoms with van der Waals surface area (Å²) >= 11 is 6.05. The number of hydrogen-bond acceptors (Lipinski definition) is 4. The lowest BCUT2D eigenvalue weighted by atomic mass is 9.80. The summed E-state index contributed by atoms with van der Waals surface area (Å²) in [7, 11) is 1.64. The molecular weight excluding hydrogens is 529 g/mol. The van der Waals surface area contributed by atoms with E-state index in [0.717, 1.165) is 61.0 Å². The van der Waals surface area contributed by atoms with Crippen LogP contribution in [0, 0.1) is 23.7 Å². The maximum atomic E-state index is 13.0. The lowest BCUT2D eigenvalue weighted by molar-refractivity contribution is -0.139. The molecule has 1 aliphatic rings. The van der Waals surface area contributed by atoms with Crippen LogP contribution in [-0.2, 0) is 17.4 Å². The number of aromatic nitrogens is 1. The summed E-state index contributed by atoms with van der Waals surface area (Å²) in [6.45, 7) is 1.67. The zero-order valence-electron chi connectivity index (χ0n) is 21.6. The van der Waals surface area contributed by atoms with Gasteiger partial charge in [0.1, 0.15) is 5.75 Å². The van der Waals surface area contributed by atoms with Gasteiger partial charge in [0.05, 0.1) is 29.8 Å². The molecule has 0 unspecified atom stereocenters. The number of aliphatic carboxylic acids is 1. The maximum absolute atomic E-state index is 13.0. The fourth-order valence-corrected chi connectivity index (χ4v) is 5.43. The quantitative estimate of drug-likeness (QED) is 0.312. The Morgan fingerprint density at radius 3 is 2.77 bits per heavy atom. The van der Waals surface area contributed by atoms with Crippen LogP contribution in [0.2, 0.25) is 5.02 Å².